The molecule has 1 aromatic carbocycles. The minimum Gasteiger partial charge on any atom is -0.378 e. The molecule has 2 rings (SSSR count). The van der Waals surface area contributed by atoms with Gasteiger partial charge in [-0.25, -0.2) is 4.98 Å². The summed E-state index contributed by atoms with van der Waals surface area (Å²) in [4.78, 5) is 18.5. The molecule has 0 unspecified atom stereocenters. The molecule has 130 valence electrons. The van der Waals surface area contributed by atoms with Crippen molar-refractivity contribution in [3.05, 3.63) is 36.3 Å². The van der Waals surface area contributed by atoms with Crippen molar-refractivity contribution in [2.24, 2.45) is 5.92 Å². The highest BCUT2D eigenvalue weighted by atomic mass is 32.2. The van der Waals surface area contributed by atoms with E-state index in [4.69, 9.17) is 4.18 Å². The lowest BCUT2D eigenvalue weighted by Crippen LogP contribution is -2.17. The summed E-state index contributed by atoms with van der Waals surface area (Å²) >= 11 is 0. The van der Waals surface area contributed by atoms with Crippen molar-refractivity contribution < 1.29 is 17.4 Å². The van der Waals surface area contributed by atoms with Crippen molar-refractivity contribution in [3.8, 4) is 5.75 Å². The van der Waals surface area contributed by atoms with Crippen LogP contribution in [0.5, 0.6) is 5.75 Å². The molecule has 0 saturated heterocycles. The molecule has 1 heterocycles. The normalized spacial score (nSPS) is 11.8. The number of benzene rings is 1. The summed E-state index contributed by atoms with van der Waals surface area (Å²) in [6, 6.07) is 6.22. The van der Waals surface area contributed by atoms with Gasteiger partial charge in [0.25, 0.3) is 0 Å². The molecule has 0 aliphatic heterocycles. The van der Waals surface area contributed by atoms with E-state index in [9.17, 15) is 13.2 Å². The van der Waals surface area contributed by atoms with Gasteiger partial charge in [-0.05, 0) is 12.1 Å². The summed E-state index contributed by atoms with van der Waals surface area (Å²) in [5.74, 6) is 0.402. The highest BCUT2D eigenvalue weighted by Gasteiger charge is 2.21. The van der Waals surface area contributed by atoms with Crippen LogP contribution in [-0.4, -0.2) is 24.3 Å². The van der Waals surface area contributed by atoms with Crippen molar-refractivity contribution in [2.45, 2.75) is 38.6 Å². The fraction of sp³-hybridized carbons (Fsp3) is 0.375. The summed E-state index contributed by atoms with van der Waals surface area (Å²) in [5, 5.41) is 2.58. The monoisotopic (exact) mass is 351 g/mol. The smallest absolute Gasteiger partial charge is 0.356 e. The van der Waals surface area contributed by atoms with Gasteiger partial charge in [-0.1, -0.05) is 33.8 Å². The van der Waals surface area contributed by atoms with Crippen LogP contribution in [0, 0.1) is 5.92 Å². The summed E-state index contributed by atoms with van der Waals surface area (Å²) in [6.45, 7) is 7.34. The second kappa shape index (κ2) is 7.04. The maximum absolute atomic E-state index is 12.3. The zero-order valence-electron chi connectivity index (χ0n) is 14.0. The standard InChI is InChI=1S/C16H21N3O4S/c1-10(2)15-17-9-14(19-15)24(21,22)23-13-7-5-6-12(8-13)18-16(20)11(3)4/h5-11H,1-4H3,(H,17,19)(H,18,20). The van der Waals surface area contributed by atoms with Crippen LogP contribution in [0.4, 0.5) is 5.69 Å². The number of imidazole rings is 1. The maximum Gasteiger partial charge on any atom is 0.356 e. The van der Waals surface area contributed by atoms with Gasteiger partial charge >= 0.3 is 10.1 Å². The van der Waals surface area contributed by atoms with E-state index in [-0.39, 0.29) is 28.5 Å². The lowest BCUT2D eigenvalue weighted by atomic mass is 10.2. The van der Waals surface area contributed by atoms with Crippen LogP contribution < -0.4 is 9.50 Å². The molecule has 2 aromatic rings. The molecular weight excluding hydrogens is 330 g/mol. The van der Waals surface area contributed by atoms with Crippen LogP contribution in [0.2, 0.25) is 0 Å². The molecule has 1 amide bonds. The summed E-state index contributed by atoms with van der Waals surface area (Å²) < 4.78 is 29.7. The van der Waals surface area contributed by atoms with E-state index in [1.165, 1.54) is 18.3 Å². The van der Waals surface area contributed by atoms with Gasteiger partial charge in [0, 0.05) is 23.6 Å². The summed E-state index contributed by atoms with van der Waals surface area (Å²) in [5.41, 5.74) is 0.467. The number of aromatic amines is 1. The first-order valence-corrected chi connectivity index (χ1v) is 9.00. The zero-order chi connectivity index (χ0) is 17.9. The first kappa shape index (κ1) is 18.0. The molecule has 7 nitrogen and oxygen atoms in total. The Hall–Kier alpha value is -2.35. The van der Waals surface area contributed by atoms with Crippen molar-refractivity contribution in [1.82, 2.24) is 9.97 Å². The Morgan fingerprint density at radius 2 is 1.96 bits per heavy atom. The van der Waals surface area contributed by atoms with E-state index in [1.54, 1.807) is 26.0 Å². The molecule has 0 atom stereocenters. The first-order valence-electron chi connectivity index (χ1n) is 7.59. The molecule has 8 heteroatoms. The number of H-pyrrole nitrogens is 1. The number of amides is 1. The fourth-order valence-corrected chi connectivity index (χ4v) is 2.68. The largest absolute Gasteiger partial charge is 0.378 e. The molecule has 0 spiro atoms. The van der Waals surface area contributed by atoms with Crippen molar-refractivity contribution in [1.29, 1.82) is 0 Å². The summed E-state index contributed by atoms with van der Waals surface area (Å²) in [7, 11) is -4.02. The van der Waals surface area contributed by atoms with Crippen LogP contribution in [0.25, 0.3) is 0 Å². The number of nitrogens with one attached hydrogen (secondary N) is 2. The second-order valence-electron chi connectivity index (χ2n) is 6.00. The second-order valence-corrected chi connectivity index (χ2v) is 7.51. The van der Waals surface area contributed by atoms with E-state index in [2.05, 4.69) is 15.3 Å². The van der Waals surface area contributed by atoms with E-state index in [0.717, 1.165) is 0 Å². The average molecular weight is 351 g/mol. The molecule has 0 radical (unpaired) electrons. The molecule has 2 N–H and O–H groups in total. The minimum atomic E-state index is -4.02. The topological polar surface area (TPSA) is 101 Å². The lowest BCUT2D eigenvalue weighted by Gasteiger charge is -2.10. The van der Waals surface area contributed by atoms with Crippen LogP contribution in [0.3, 0.4) is 0 Å². The molecule has 0 bridgehead atoms. The van der Waals surface area contributed by atoms with E-state index < -0.39 is 10.1 Å². The van der Waals surface area contributed by atoms with Gasteiger partial charge in [0.1, 0.15) is 11.6 Å². The Balaban J connectivity index is 2.18. The number of hydrogen-bond donors (Lipinski definition) is 2. The average Bonchev–Trinajstić information content (AvgIpc) is 2.98. The number of anilines is 1. The minimum absolute atomic E-state index is 0.0727. The van der Waals surface area contributed by atoms with Crippen molar-refractivity contribution >= 4 is 21.7 Å². The third kappa shape index (κ3) is 4.35. The summed E-state index contributed by atoms with van der Waals surface area (Å²) in [6.07, 6.45) is 1.23. The predicted molar refractivity (Wildman–Crippen MR) is 90.4 cm³/mol. The number of carbonyl (C=O) groups is 1. The van der Waals surface area contributed by atoms with Gasteiger partial charge in [0.05, 0.1) is 6.20 Å². The lowest BCUT2D eigenvalue weighted by molar-refractivity contribution is -0.118. The first-order chi connectivity index (χ1) is 11.2. The van der Waals surface area contributed by atoms with Gasteiger partial charge in [0.15, 0.2) is 5.03 Å². The highest BCUT2D eigenvalue weighted by molar-refractivity contribution is 7.87. The maximum atomic E-state index is 12.3. The quantitative estimate of drug-likeness (QED) is 0.779. The van der Waals surface area contributed by atoms with Gasteiger partial charge < -0.3 is 14.5 Å². The van der Waals surface area contributed by atoms with Gasteiger partial charge in [0.2, 0.25) is 5.91 Å². The molecule has 0 aliphatic carbocycles. The van der Waals surface area contributed by atoms with Crippen LogP contribution in [0.15, 0.2) is 35.5 Å². The highest BCUT2D eigenvalue weighted by Crippen LogP contribution is 2.22. The molecule has 24 heavy (non-hydrogen) atoms. The van der Waals surface area contributed by atoms with Crippen LogP contribution in [0.1, 0.15) is 39.4 Å². The molecule has 0 saturated carbocycles. The Labute approximate surface area is 141 Å². The molecule has 1 aromatic heterocycles. The van der Waals surface area contributed by atoms with Gasteiger partial charge in [-0.15, -0.1) is 0 Å². The predicted octanol–water partition coefficient (Wildman–Crippen LogP) is 2.90. The molecule has 0 aliphatic rings. The fourth-order valence-electron chi connectivity index (χ4n) is 1.82. The Bertz CT molecular complexity index is 825. The van der Waals surface area contributed by atoms with Crippen LogP contribution in [-0.2, 0) is 14.9 Å². The van der Waals surface area contributed by atoms with Crippen molar-refractivity contribution in [3.63, 3.8) is 0 Å². The number of aromatic nitrogens is 2. The molecule has 0 fully saturated rings. The van der Waals surface area contributed by atoms with E-state index in [0.29, 0.717) is 11.5 Å². The van der Waals surface area contributed by atoms with E-state index in [1.807, 2.05) is 13.8 Å². The van der Waals surface area contributed by atoms with Gasteiger partial charge in [-0.3, -0.25) is 4.79 Å². The Kier molecular flexibility index (Phi) is 5.28. The third-order valence-electron chi connectivity index (χ3n) is 3.22. The third-order valence-corrected chi connectivity index (χ3v) is 4.38. The van der Waals surface area contributed by atoms with Crippen molar-refractivity contribution in [2.75, 3.05) is 5.32 Å². The number of hydrogen-bond acceptors (Lipinski definition) is 5. The zero-order valence-corrected chi connectivity index (χ0v) is 14.8. The number of rotatable bonds is 6. The number of nitrogens with zero attached hydrogens (tertiary/aromatic N) is 1. The van der Waals surface area contributed by atoms with Gasteiger partial charge in [-0.2, -0.15) is 8.42 Å². The Morgan fingerprint density at radius 3 is 2.54 bits per heavy atom. The number of carbonyl (C=O) groups excluding carboxylic acids is 1. The molecular formula is C16H21N3O4S. The SMILES string of the molecule is CC(C)C(=O)Nc1cccc(OS(=O)(=O)c2cnc(C(C)C)[nH]2)c1. The Morgan fingerprint density at radius 1 is 1.25 bits per heavy atom. The van der Waals surface area contributed by atoms with E-state index >= 15 is 0 Å². The van der Waals surface area contributed by atoms with Crippen LogP contribution >= 0.6 is 0 Å².